The minimum absolute atomic E-state index is 0.0436. The molecule has 0 atom stereocenters. The second-order valence-electron chi connectivity index (χ2n) is 7.77. The van der Waals surface area contributed by atoms with E-state index in [1.807, 2.05) is 12.1 Å². The number of carbonyl (C=O) groups is 1. The summed E-state index contributed by atoms with van der Waals surface area (Å²) in [6.45, 7) is 4.16. The maximum Gasteiger partial charge on any atom is 0.228 e. The number of ether oxygens (including phenoxy) is 1. The Kier molecular flexibility index (Phi) is 4.50. The number of hydrogen-bond acceptors (Lipinski definition) is 4. The number of nitrogens with one attached hydrogen (secondary N) is 1. The highest BCUT2D eigenvalue weighted by molar-refractivity contribution is 9.10. The van der Waals surface area contributed by atoms with Gasteiger partial charge >= 0.3 is 0 Å². The van der Waals surface area contributed by atoms with Gasteiger partial charge in [0.05, 0.1) is 18.8 Å². The van der Waals surface area contributed by atoms with E-state index in [1.165, 1.54) is 0 Å². The van der Waals surface area contributed by atoms with Crippen LogP contribution in [0.5, 0.6) is 5.75 Å². The Balaban J connectivity index is 1.74. The minimum Gasteiger partial charge on any atom is -0.496 e. The molecule has 5 rings (SSSR count). The first-order chi connectivity index (χ1) is 14.5. The average Bonchev–Trinajstić information content (AvgIpc) is 3.51. The van der Waals surface area contributed by atoms with Crippen molar-refractivity contribution in [3.05, 3.63) is 52.4 Å². The maximum atomic E-state index is 12.2. The molecule has 7 heteroatoms. The fourth-order valence-electron chi connectivity index (χ4n) is 4.02. The Morgan fingerprint density at radius 1 is 1.20 bits per heavy atom. The van der Waals surface area contributed by atoms with Crippen LogP contribution in [-0.2, 0) is 4.79 Å². The number of fused-ring (bicyclic) bond motifs is 3. The van der Waals surface area contributed by atoms with Crippen LogP contribution in [0.2, 0.25) is 0 Å². The molecule has 6 nitrogen and oxygen atoms in total. The zero-order valence-corrected chi connectivity index (χ0v) is 18.6. The number of aromatic nitrogens is 3. The lowest BCUT2D eigenvalue weighted by molar-refractivity contribution is -0.117. The smallest absolute Gasteiger partial charge is 0.228 e. The van der Waals surface area contributed by atoms with Crippen molar-refractivity contribution in [1.82, 2.24) is 14.4 Å². The lowest BCUT2D eigenvalue weighted by Crippen LogP contribution is -2.14. The molecule has 0 bridgehead atoms. The van der Waals surface area contributed by atoms with Crippen LogP contribution in [0.1, 0.15) is 24.0 Å². The number of imidazole rings is 1. The van der Waals surface area contributed by atoms with Crippen LogP contribution in [0.3, 0.4) is 0 Å². The third-order valence-electron chi connectivity index (χ3n) is 5.72. The second-order valence-corrected chi connectivity index (χ2v) is 8.59. The molecular formula is C23H21BrN4O2. The molecule has 1 aliphatic carbocycles. The molecule has 1 saturated carbocycles. The molecule has 0 unspecified atom stereocenters. The van der Waals surface area contributed by atoms with Gasteiger partial charge in [0.25, 0.3) is 0 Å². The molecule has 0 saturated heterocycles. The minimum atomic E-state index is 0.0436. The number of aryl methyl sites for hydroxylation is 1. The van der Waals surface area contributed by atoms with Gasteiger partial charge in [-0.15, -0.1) is 0 Å². The van der Waals surface area contributed by atoms with Crippen molar-refractivity contribution in [3.8, 4) is 16.9 Å². The van der Waals surface area contributed by atoms with E-state index in [0.29, 0.717) is 5.82 Å². The van der Waals surface area contributed by atoms with Gasteiger partial charge in [0.15, 0.2) is 0 Å². The number of methoxy groups -OCH3 is 1. The lowest BCUT2D eigenvalue weighted by atomic mass is 9.95. The van der Waals surface area contributed by atoms with E-state index in [-0.39, 0.29) is 11.8 Å². The summed E-state index contributed by atoms with van der Waals surface area (Å²) in [5.74, 6) is 1.57. The normalized spacial score (nSPS) is 13.7. The number of benzene rings is 1. The van der Waals surface area contributed by atoms with Gasteiger partial charge in [0.2, 0.25) is 5.91 Å². The van der Waals surface area contributed by atoms with Crippen molar-refractivity contribution in [2.75, 3.05) is 12.4 Å². The number of anilines is 1. The number of amides is 1. The Hall–Kier alpha value is -2.93. The van der Waals surface area contributed by atoms with Gasteiger partial charge in [0.1, 0.15) is 21.8 Å². The number of hydrogen-bond donors (Lipinski definition) is 1. The first kappa shape index (κ1) is 19.1. The molecule has 152 valence electrons. The molecule has 1 aromatic carbocycles. The van der Waals surface area contributed by atoms with Gasteiger partial charge in [-0.2, -0.15) is 0 Å². The standard InChI is InChI=1S/C23H21BrN4O2/c1-12-4-7-18(30-3)13(2)21(12)16-8-15-10-25-20(27-23(29)14-5-6-14)9-17(15)28-19(24)11-26-22(16)28/h4,7-11,14H,5-6H2,1-3H3,(H,25,27,29). The number of rotatable bonds is 4. The molecule has 1 N–H and O–H groups in total. The van der Waals surface area contributed by atoms with Gasteiger partial charge < -0.3 is 10.1 Å². The van der Waals surface area contributed by atoms with Gasteiger partial charge in [-0.1, -0.05) is 6.07 Å². The summed E-state index contributed by atoms with van der Waals surface area (Å²) >= 11 is 3.64. The number of nitrogens with zero attached hydrogens (tertiary/aromatic N) is 3. The molecule has 0 spiro atoms. The zero-order chi connectivity index (χ0) is 21.0. The third kappa shape index (κ3) is 3.04. The Morgan fingerprint density at radius 2 is 2.00 bits per heavy atom. The van der Waals surface area contributed by atoms with Gasteiger partial charge in [-0.25, -0.2) is 9.97 Å². The first-order valence-electron chi connectivity index (χ1n) is 9.89. The molecule has 1 aliphatic rings. The maximum absolute atomic E-state index is 12.2. The van der Waals surface area contributed by atoms with Crippen molar-refractivity contribution in [1.29, 1.82) is 0 Å². The van der Waals surface area contributed by atoms with Crippen LogP contribution in [0.15, 0.2) is 41.3 Å². The van der Waals surface area contributed by atoms with Crippen molar-refractivity contribution in [3.63, 3.8) is 0 Å². The summed E-state index contributed by atoms with van der Waals surface area (Å²) in [5.41, 5.74) is 6.09. The van der Waals surface area contributed by atoms with Crippen LogP contribution in [0.4, 0.5) is 5.82 Å². The molecule has 4 aromatic rings. The summed E-state index contributed by atoms with van der Waals surface area (Å²) < 4.78 is 8.45. The highest BCUT2D eigenvalue weighted by atomic mass is 79.9. The van der Waals surface area contributed by atoms with Crippen LogP contribution < -0.4 is 10.1 Å². The van der Waals surface area contributed by atoms with Crippen LogP contribution in [0, 0.1) is 19.8 Å². The number of carbonyl (C=O) groups excluding carboxylic acids is 1. The highest BCUT2D eigenvalue weighted by Crippen LogP contribution is 2.38. The highest BCUT2D eigenvalue weighted by Gasteiger charge is 2.30. The molecule has 3 aromatic heterocycles. The zero-order valence-electron chi connectivity index (χ0n) is 17.0. The topological polar surface area (TPSA) is 68.5 Å². The van der Waals surface area contributed by atoms with Gasteiger partial charge in [0, 0.05) is 29.1 Å². The largest absolute Gasteiger partial charge is 0.496 e. The molecule has 1 fully saturated rings. The summed E-state index contributed by atoms with van der Waals surface area (Å²) in [6.07, 6.45) is 5.52. The predicted octanol–water partition coefficient (Wildman–Crippen LogP) is 5.29. The average molecular weight is 465 g/mol. The second kappa shape index (κ2) is 7.09. The molecule has 3 heterocycles. The molecule has 1 amide bonds. The van der Waals surface area contributed by atoms with Crippen molar-refractivity contribution >= 4 is 44.2 Å². The summed E-state index contributed by atoms with van der Waals surface area (Å²) in [5, 5.41) is 3.90. The van der Waals surface area contributed by atoms with Crippen LogP contribution in [-0.4, -0.2) is 27.4 Å². The van der Waals surface area contributed by atoms with Crippen LogP contribution >= 0.6 is 15.9 Å². The van der Waals surface area contributed by atoms with Crippen molar-refractivity contribution < 1.29 is 9.53 Å². The predicted molar refractivity (Wildman–Crippen MR) is 121 cm³/mol. The van der Waals surface area contributed by atoms with E-state index in [0.717, 1.165) is 62.0 Å². The summed E-state index contributed by atoms with van der Waals surface area (Å²) in [4.78, 5) is 21.3. The Labute approximate surface area is 182 Å². The van der Waals surface area contributed by atoms with Gasteiger partial charge in [-0.05, 0) is 71.4 Å². The number of pyridine rings is 2. The third-order valence-corrected chi connectivity index (χ3v) is 6.28. The Morgan fingerprint density at radius 3 is 2.73 bits per heavy atom. The van der Waals surface area contributed by atoms with E-state index in [4.69, 9.17) is 4.74 Å². The molecule has 0 radical (unpaired) electrons. The fourth-order valence-corrected chi connectivity index (χ4v) is 4.48. The van der Waals surface area contributed by atoms with Gasteiger partial charge in [-0.3, -0.25) is 9.20 Å². The summed E-state index contributed by atoms with van der Waals surface area (Å²) in [6, 6.07) is 8.07. The van der Waals surface area contributed by atoms with Crippen molar-refractivity contribution in [2.24, 2.45) is 5.92 Å². The van der Waals surface area contributed by atoms with E-state index in [9.17, 15) is 4.79 Å². The lowest BCUT2D eigenvalue weighted by Gasteiger charge is -2.16. The monoisotopic (exact) mass is 464 g/mol. The van der Waals surface area contributed by atoms with E-state index < -0.39 is 0 Å². The molecular weight excluding hydrogens is 444 g/mol. The van der Waals surface area contributed by atoms with E-state index >= 15 is 0 Å². The van der Waals surface area contributed by atoms with Crippen LogP contribution in [0.25, 0.3) is 27.7 Å². The number of halogens is 1. The van der Waals surface area contributed by atoms with E-state index in [2.05, 4.69) is 61.6 Å². The summed E-state index contributed by atoms with van der Waals surface area (Å²) in [7, 11) is 1.69. The SMILES string of the molecule is COc1ccc(C)c(-c2cc3cnc(NC(=O)C4CC4)cc3n3c(Br)cnc23)c1C. The fraction of sp³-hybridized carbons (Fsp3) is 0.261. The quantitative estimate of drug-likeness (QED) is 0.445. The first-order valence-corrected chi connectivity index (χ1v) is 10.7. The van der Waals surface area contributed by atoms with E-state index in [1.54, 1.807) is 19.5 Å². The van der Waals surface area contributed by atoms with Crippen molar-refractivity contribution in [2.45, 2.75) is 26.7 Å². The Bertz CT molecular complexity index is 1320. The molecule has 30 heavy (non-hydrogen) atoms. The molecule has 0 aliphatic heterocycles.